The van der Waals surface area contributed by atoms with Gasteiger partial charge in [0, 0.05) is 19.7 Å². The van der Waals surface area contributed by atoms with Crippen LogP contribution in [0, 0.1) is 6.92 Å². The molecule has 5 nitrogen and oxygen atoms in total. The molecule has 1 N–H and O–H groups in total. The highest BCUT2D eigenvalue weighted by Gasteiger charge is 2.15. The monoisotopic (exact) mass is 360 g/mol. The van der Waals surface area contributed by atoms with Crippen molar-refractivity contribution in [2.24, 2.45) is 0 Å². The van der Waals surface area contributed by atoms with E-state index in [1.54, 1.807) is 13.0 Å². The first-order valence-electron chi connectivity index (χ1n) is 8.99. The van der Waals surface area contributed by atoms with Crippen LogP contribution in [0.2, 0.25) is 0 Å². The van der Waals surface area contributed by atoms with Crippen molar-refractivity contribution in [1.29, 1.82) is 0 Å². The van der Waals surface area contributed by atoms with Gasteiger partial charge in [0.25, 0.3) is 5.91 Å². The number of rotatable bonds is 6. The number of aromatic nitrogens is 2. The summed E-state index contributed by atoms with van der Waals surface area (Å²) in [4.78, 5) is 23.5. The largest absolute Gasteiger partial charge is 0.355 e. The van der Waals surface area contributed by atoms with E-state index in [0.29, 0.717) is 18.1 Å². The molecule has 0 fully saturated rings. The van der Waals surface area contributed by atoms with Crippen LogP contribution >= 0.6 is 0 Å². The molecule has 0 aliphatic heterocycles. The van der Waals surface area contributed by atoms with Gasteiger partial charge in [-0.05, 0) is 25.0 Å². The Morgan fingerprint density at radius 1 is 1.04 bits per heavy atom. The summed E-state index contributed by atoms with van der Waals surface area (Å²) in [6, 6.07) is 21.7. The van der Waals surface area contributed by atoms with Crippen LogP contribution in [0.5, 0.6) is 0 Å². The van der Waals surface area contributed by atoms with E-state index in [9.17, 15) is 4.79 Å². The first kappa shape index (κ1) is 18.6. The zero-order valence-corrected chi connectivity index (χ0v) is 15.9. The van der Waals surface area contributed by atoms with Crippen LogP contribution in [0.4, 0.5) is 5.82 Å². The Morgan fingerprint density at radius 3 is 2.33 bits per heavy atom. The third kappa shape index (κ3) is 4.91. The van der Waals surface area contributed by atoms with E-state index >= 15 is 0 Å². The van der Waals surface area contributed by atoms with Gasteiger partial charge < -0.3 is 10.2 Å². The Morgan fingerprint density at radius 2 is 1.67 bits per heavy atom. The SMILES string of the molecule is Cc1nc(C(=O)NC(C)c2ccccc2)cc(N(C)Cc2ccccc2)n1. The van der Waals surface area contributed by atoms with Gasteiger partial charge in [-0.15, -0.1) is 0 Å². The van der Waals surface area contributed by atoms with Gasteiger partial charge in [-0.1, -0.05) is 60.7 Å². The number of hydrogen-bond donors (Lipinski definition) is 1. The number of amides is 1. The van der Waals surface area contributed by atoms with Gasteiger partial charge in [0.05, 0.1) is 6.04 Å². The van der Waals surface area contributed by atoms with Gasteiger partial charge in [-0.25, -0.2) is 9.97 Å². The molecule has 0 saturated carbocycles. The highest BCUT2D eigenvalue weighted by molar-refractivity contribution is 5.93. The molecular weight excluding hydrogens is 336 g/mol. The minimum atomic E-state index is -0.203. The zero-order chi connectivity index (χ0) is 19.2. The Kier molecular flexibility index (Phi) is 5.81. The second kappa shape index (κ2) is 8.45. The summed E-state index contributed by atoms with van der Waals surface area (Å²) in [5, 5.41) is 3.01. The lowest BCUT2D eigenvalue weighted by atomic mass is 10.1. The lowest BCUT2D eigenvalue weighted by Crippen LogP contribution is -2.28. The fraction of sp³-hybridized carbons (Fsp3) is 0.227. The summed E-state index contributed by atoms with van der Waals surface area (Å²) in [7, 11) is 1.96. The topological polar surface area (TPSA) is 58.1 Å². The predicted octanol–water partition coefficient (Wildman–Crippen LogP) is 3.91. The molecule has 1 atom stereocenters. The third-order valence-electron chi connectivity index (χ3n) is 4.36. The highest BCUT2D eigenvalue weighted by atomic mass is 16.1. The van der Waals surface area contributed by atoms with Crippen LogP contribution in [0.1, 0.15) is 40.4 Å². The van der Waals surface area contributed by atoms with Gasteiger partial charge in [0.2, 0.25) is 0 Å². The molecule has 3 aromatic rings. The smallest absolute Gasteiger partial charge is 0.270 e. The molecule has 0 aliphatic rings. The van der Waals surface area contributed by atoms with Crippen LogP contribution in [0.15, 0.2) is 66.7 Å². The van der Waals surface area contributed by atoms with Crippen LogP contribution in [0.25, 0.3) is 0 Å². The number of carbonyl (C=O) groups excluding carboxylic acids is 1. The van der Waals surface area contributed by atoms with E-state index in [-0.39, 0.29) is 11.9 Å². The van der Waals surface area contributed by atoms with Crippen molar-refractivity contribution in [3.8, 4) is 0 Å². The maximum atomic E-state index is 12.7. The molecule has 5 heteroatoms. The summed E-state index contributed by atoms with van der Waals surface area (Å²) in [5.41, 5.74) is 2.61. The van der Waals surface area contributed by atoms with Crippen molar-refractivity contribution >= 4 is 11.7 Å². The summed E-state index contributed by atoms with van der Waals surface area (Å²) < 4.78 is 0. The van der Waals surface area contributed by atoms with Gasteiger partial charge >= 0.3 is 0 Å². The van der Waals surface area contributed by atoms with Gasteiger partial charge in [0.15, 0.2) is 0 Å². The summed E-state index contributed by atoms with van der Waals surface area (Å²) >= 11 is 0. The van der Waals surface area contributed by atoms with E-state index in [0.717, 1.165) is 11.4 Å². The molecule has 0 bridgehead atoms. The second-order valence-corrected chi connectivity index (χ2v) is 6.61. The zero-order valence-electron chi connectivity index (χ0n) is 15.9. The van der Waals surface area contributed by atoms with Gasteiger partial charge in [-0.3, -0.25) is 4.79 Å². The average Bonchev–Trinajstić information content (AvgIpc) is 2.69. The standard InChI is InChI=1S/C22H24N4O/c1-16(19-12-8-5-9-13-19)23-22(27)20-14-21(25-17(2)24-20)26(3)15-18-10-6-4-7-11-18/h4-14,16H,15H2,1-3H3,(H,23,27). The van der Waals surface area contributed by atoms with E-state index in [2.05, 4.69) is 27.4 Å². The van der Waals surface area contributed by atoms with Crippen molar-refractivity contribution in [2.45, 2.75) is 26.4 Å². The van der Waals surface area contributed by atoms with E-state index in [1.807, 2.05) is 67.4 Å². The molecule has 27 heavy (non-hydrogen) atoms. The molecule has 1 unspecified atom stereocenters. The summed E-state index contributed by atoms with van der Waals surface area (Å²) in [6.07, 6.45) is 0. The van der Waals surface area contributed by atoms with Crippen molar-refractivity contribution in [3.05, 3.63) is 89.4 Å². The number of hydrogen-bond acceptors (Lipinski definition) is 4. The molecule has 2 aromatic carbocycles. The molecule has 0 aliphatic carbocycles. The normalized spacial score (nSPS) is 11.7. The van der Waals surface area contributed by atoms with E-state index < -0.39 is 0 Å². The lowest BCUT2D eigenvalue weighted by Gasteiger charge is -2.20. The lowest BCUT2D eigenvalue weighted by molar-refractivity contribution is 0.0934. The van der Waals surface area contributed by atoms with Crippen LogP contribution in [0.3, 0.4) is 0 Å². The minimum Gasteiger partial charge on any atom is -0.355 e. The molecule has 138 valence electrons. The maximum absolute atomic E-state index is 12.7. The molecule has 3 rings (SSSR count). The number of benzene rings is 2. The van der Waals surface area contributed by atoms with Crippen LogP contribution in [-0.2, 0) is 6.54 Å². The number of carbonyl (C=O) groups is 1. The minimum absolute atomic E-state index is 0.0977. The first-order chi connectivity index (χ1) is 13.0. The average molecular weight is 360 g/mol. The van der Waals surface area contributed by atoms with E-state index in [1.165, 1.54) is 5.56 Å². The predicted molar refractivity (Wildman–Crippen MR) is 108 cm³/mol. The maximum Gasteiger partial charge on any atom is 0.270 e. The van der Waals surface area contributed by atoms with E-state index in [4.69, 9.17) is 0 Å². The third-order valence-corrected chi connectivity index (χ3v) is 4.36. The van der Waals surface area contributed by atoms with Crippen molar-refractivity contribution in [1.82, 2.24) is 15.3 Å². The molecule has 0 saturated heterocycles. The highest BCUT2D eigenvalue weighted by Crippen LogP contribution is 2.16. The molecule has 0 radical (unpaired) electrons. The fourth-order valence-electron chi connectivity index (χ4n) is 2.90. The first-order valence-corrected chi connectivity index (χ1v) is 8.99. The second-order valence-electron chi connectivity index (χ2n) is 6.61. The van der Waals surface area contributed by atoms with Crippen molar-refractivity contribution in [2.75, 3.05) is 11.9 Å². The number of nitrogens with one attached hydrogen (secondary N) is 1. The van der Waals surface area contributed by atoms with Crippen molar-refractivity contribution in [3.63, 3.8) is 0 Å². The molecule has 1 amide bonds. The Bertz CT molecular complexity index is 897. The van der Waals surface area contributed by atoms with Gasteiger partial charge in [-0.2, -0.15) is 0 Å². The molecule has 0 spiro atoms. The molecule has 1 heterocycles. The van der Waals surface area contributed by atoms with Crippen LogP contribution in [-0.4, -0.2) is 22.9 Å². The Balaban J connectivity index is 1.75. The Hall–Kier alpha value is -3.21. The summed E-state index contributed by atoms with van der Waals surface area (Å²) in [5.74, 6) is 1.10. The number of nitrogens with zero attached hydrogens (tertiary/aromatic N) is 3. The summed E-state index contributed by atoms with van der Waals surface area (Å²) in [6.45, 7) is 4.47. The molecule has 1 aromatic heterocycles. The van der Waals surface area contributed by atoms with Gasteiger partial charge in [0.1, 0.15) is 17.3 Å². The van der Waals surface area contributed by atoms with Crippen molar-refractivity contribution < 1.29 is 4.79 Å². The number of aryl methyl sites for hydroxylation is 1. The quantitative estimate of drug-likeness (QED) is 0.724. The van der Waals surface area contributed by atoms with Crippen LogP contribution < -0.4 is 10.2 Å². The fourth-order valence-corrected chi connectivity index (χ4v) is 2.90. The number of anilines is 1. The Labute approximate surface area is 160 Å². The molecular formula is C22H24N4O.